The monoisotopic (exact) mass is 295 g/mol. The molecule has 0 spiro atoms. The van der Waals surface area contributed by atoms with Crippen molar-refractivity contribution >= 4 is 12.0 Å². The average molecular weight is 295 g/mol. The highest BCUT2D eigenvalue weighted by molar-refractivity contribution is 6.01. The molecule has 0 bridgehead atoms. The van der Waals surface area contributed by atoms with E-state index in [2.05, 4.69) is 17.4 Å². The van der Waals surface area contributed by atoms with Crippen molar-refractivity contribution in [3.8, 4) is 6.07 Å². The number of rotatable bonds is 6. The number of carbonyl (C=O) groups excluding carboxylic acids is 1. The fourth-order valence-electron chi connectivity index (χ4n) is 2.12. The summed E-state index contributed by atoms with van der Waals surface area (Å²) in [5.41, 5.74) is 1.47. The molecule has 1 amide bonds. The van der Waals surface area contributed by atoms with Crippen LogP contribution in [0.4, 0.5) is 0 Å². The van der Waals surface area contributed by atoms with Crippen LogP contribution < -0.4 is 5.32 Å². The average Bonchev–Trinajstić information content (AvgIpc) is 3.06. The standard InChI is InChI=1S/C17H17N3O2/c1-2-6-16(13-7-4-3-5-8-13)19-17(21)14(12-18)11-15-9-10-22-20-15/h3-5,7-11,16H,2,6H2,1H3,(H,19,21). The predicted octanol–water partition coefficient (Wildman–Crippen LogP) is 3.24. The van der Waals surface area contributed by atoms with Gasteiger partial charge in [-0.05, 0) is 18.1 Å². The van der Waals surface area contributed by atoms with Crippen molar-refractivity contribution in [1.82, 2.24) is 10.5 Å². The van der Waals surface area contributed by atoms with Gasteiger partial charge in [0, 0.05) is 6.07 Å². The van der Waals surface area contributed by atoms with E-state index in [4.69, 9.17) is 4.52 Å². The number of aromatic nitrogens is 1. The third kappa shape index (κ3) is 4.06. The van der Waals surface area contributed by atoms with Crippen LogP contribution in [0.1, 0.15) is 37.1 Å². The molecule has 0 aliphatic heterocycles. The number of nitrogens with zero attached hydrogens (tertiary/aromatic N) is 2. The fourth-order valence-corrected chi connectivity index (χ4v) is 2.12. The highest BCUT2D eigenvalue weighted by Crippen LogP contribution is 2.19. The number of carbonyl (C=O) groups is 1. The molecule has 1 aromatic carbocycles. The molecule has 5 nitrogen and oxygen atoms in total. The first-order chi connectivity index (χ1) is 10.7. The molecule has 0 saturated carbocycles. The maximum Gasteiger partial charge on any atom is 0.262 e. The Morgan fingerprint density at radius 2 is 2.18 bits per heavy atom. The van der Waals surface area contributed by atoms with Gasteiger partial charge in [-0.2, -0.15) is 5.26 Å². The predicted molar refractivity (Wildman–Crippen MR) is 82.3 cm³/mol. The topological polar surface area (TPSA) is 78.9 Å². The van der Waals surface area contributed by atoms with Crippen molar-refractivity contribution in [3.63, 3.8) is 0 Å². The second-order valence-electron chi connectivity index (χ2n) is 4.82. The number of nitriles is 1. The lowest BCUT2D eigenvalue weighted by Crippen LogP contribution is -2.29. The zero-order valence-corrected chi connectivity index (χ0v) is 12.3. The summed E-state index contributed by atoms with van der Waals surface area (Å²) in [7, 11) is 0. The van der Waals surface area contributed by atoms with Crippen molar-refractivity contribution in [3.05, 3.63) is 59.5 Å². The van der Waals surface area contributed by atoms with E-state index in [0.717, 1.165) is 18.4 Å². The van der Waals surface area contributed by atoms with Crippen LogP contribution in [0.25, 0.3) is 6.08 Å². The SMILES string of the molecule is CCCC(NC(=O)C(C#N)=Cc1ccon1)c1ccccc1. The van der Waals surface area contributed by atoms with Gasteiger partial charge in [-0.15, -0.1) is 0 Å². The first-order valence-electron chi connectivity index (χ1n) is 7.12. The number of hydrogen-bond donors (Lipinski definition) is 1. The van der Waals surface area contributed by atoms with E-state index >= 15 is 0 Å². The summed E-state index contributed by atoms with van der Waals surface area (Å²) in [6, 6.07) is 13.1. The summed E-state index contributed by atoms with van der Waals surface area (Å²) in [4.78, 5) is 12.3. The van der Waals surface area contributed by atoms with Crippen molar-refractivity contribution in [2.45, 2.75) is 25.8 Å². The van der Waals surface area contributed by atoms with Gasteiger partial charge in [0.05, 0.1) is 6.04 Å². The van der Waals surface area contributed by atoms with Crippen molar-refractivity contribution in [2.75, 3.05) is 0 Å². The minimum Gasteiger partial charge on any atom is -0.364 e. The molecule has 2 rings (SSSR count). The van der Waals surface area contributed by atoms with Crippen LogP contribution in [-0.2, 0) is 4.79 Å². The maximum absolute atomic E-state index is 12.3. The molecule has 5 heteroatoms. The summed E-state index contributed by atoms with van der Waals surface area (Å²) in [6.45, 7) is 2.05. The van der Waals surface area contributed by atoms with Gasteiger partial charge in [-0.3, -0.25) is 4.79 Å². The normalized spacial score (nSPS) is 12.5. The Morgan fingerprint density at radius 3 is 2.77 bits per heavy atom. The molecule has 0 aliphatic rings. The van der Waals surface area contributed by atoms with E-state index in [9.17, 15) is 10.1 Å². The highest BCUT2D eigenvalue weighted by Gasteiger charge is 2.17. The zero-order chi connectivity index (χ0) is 15.8. The molecule has 1 atom stereocenters. The zero-order valence-electron chi connectivity index (χ0n) is 12.3. The molecule has 1 aromatic heterocycles. The van der Waals surface area contributed by atoms with Crippen LogP contribution >= 0.6 is 0 Å². The Kier molecular flexibility index (Phi) is 5.50. The van der Waals surface area contributed by atoms with Crippen molar-refractivity contribution in [2.24, 2.45) is 0 Å². The lowest BCUT2D eigenvalue weighted by molar-refractivity contribution is -0.117. The Labute approximate surface area is 129 Å². The van der Waals surface area contributed by atoms with Crippen LogP contribution in [0.15, 0.2) is 52.8 Å². The van der Waals surface area contributed by atoms with Gasteiger partial charge in [0.1, 0.15) is 23.6 Å². The fraction of sp³-hybridized carbons (Fsp3) is 0.235. The van der Waals surface area contributed by atoms with E-state index in [0.29, 0.717) is 5.69 Å². The molecule has 0 radical (unpaired) electrons. The minimum absolute atomic E-state index is 0.00549. The molecule has 0 fully saturated rings. The smallest absolute Gasteiger partial charge is 0.262 e. The third-order valence-corrected chi connectivity index (χ3v) is 3.20. The van der Waals surface area contributed by atoms with Crippen LogP contribution in [0.5, 0.6) is 0 Å². The van der Waals surface area contributed by atoms with Crippen LogP contribution in [0.2, 0.25) is 0 Å². The first-order valence-corrected chi connectivity index (χ1v) is 7.12. The summed E-state index contributed by atoms with van der Waals surface area (Å²) < 4.78 is 4.69. The molecule has 2 aromatic rings. The van der Waals surface area contributed by atoms with E-state index in [1.54, 1.807) is 6.07 Å². The van der Waals surface area contributed by atoms with Crippen LogP contribution in [-0.4, -0.2) is 11.1 Å². The Bertz CT molecular complexity index is 670. The number of nitrogens with one attached hydrogen (secondary N) is 1. The number of amides is 1. The largest absolute Gasteiger partial charge is 0.364 e. The van der Waals surface area contributed by atoms with Crippen LogP contribution in [0.3, 0.4) is 0 Å². The quantitative estimate of drug-likeness (QED) is 0.655. The summed E-state index contributed by atoms with van der Waals surface area (Å²) in [5.74, 6) is -0.409. The second kappa shape index (κ2) is 7.79. The molecular weight excluding hydrogens is 278 g/mol. The maximum atomic E-state index is 12.3. The molecule has 112 valence electrons. The van der Waals surface area contributed by atoms with Gasteiger partial charge in [0.25, 0.3) is 5.91 Å². The molecular formula is C17H17N3O2. The first kappa shape index (κ1) is 15.5. The summed E-state index contributed by atoms with van der Waals surface area (Å²) >= 11 is 0. The van der Waals surface area contributed by atoms with Crippen LogP contribution in [0, 0.1) is 11.3 Å². The molecule has 1 heterocycles. The molecule has 0 aliphatic carbocycles. The van der Waals surface area contributed by atoms with Gasteiger partial charge in [0.2, 0.25) is 0 Å². The Hall–Kier alpha value is -2.87. The minimum atomic E-state index is -0.409. The van der Waals surface area contributed by atoms with Gasteiger partial charge in [0.15, 0.2) is 0 Å². The van der Waals surface area contributed by atoms with E-state index < -0.39 is 5.91 Å². The number of hydrogen-bond acceptors (Lipinski definition) is 4. The lowest BCUT2D eigenvalue weighted by atomic mass is 10.0. The molecule has 0 saturated heterocycles. The Balaban J connectivity index is 2.15. The Morgan fingerprint density at radius 1 is 1.41 bits per heavy atom. The van der Waals surface area contributed by atoms with Gasteiger partial charge < -0.3 is 9.84 Å². The summed E-state index contributed by atoms with van der Waals surface area (Å²) in [5, 5.41) is 15.8. The van der Waals surface area contributed by atoms with E-state index in [1.807, 2.05) is 36.4 Å². The van der Waals surface area contributed by atoms with Crippen molar-refractivity contribution in [1.29, 1.82) is 5.26 Å². The third-order valence-electron chi connectivity index (χ3n) is 3.20. The lowest BCUT2D eigenvalue weighted by Gasteiger charge is -2.18. The molecule has 22 heavy (non-hydrogen) atoms. The highest BCUT2D eigenvalue weighted by atomic mass is 16.5. The second-order valence-corrected chi connectivity index (χ2v) is 4.82. The van der Waals surface area contributed by atoms with Crippen molar-refractivity contribution < 1.29 is 9.32 Å². The van der Waals surface area contributed by atoms with E-state index in [-0.39, 0.29) is 11.6 Å². The van der Waals surface area contributed by atoms with Gasteiger partial charge >= 0.3 is 0 Å². The molecule has 1 unspecified atom stereocenters. The molecule has 1 N–H and O–H groups in total. The summed E-state index contributed by atoms with van der Waals surface area (Å²) in [6.07, 6.45) is 4.53. The number of benzene rings is 1. The van der Waals surface area contributed by atoms with Gasteiger partial charge in [-0.25, -0.2) is 0 Å². The van der Waals surface area contributed by atoms with Gasteiger partial charge in [-0.1, -0.05) is 48.8 Å². The van der Waals surface area contributed by atoms with E-state index in [1.165, 1.54) is 12.3 Å².